The molecule has 110 valence electrons. The summed E-state index contributed by atoms with van der Waals surface area (Å²) in [6.07, 6.45) is -4.36. The number of anilines is 1. The van der Waals surface area contributed by atoms with Gasteiger partial charge in [-0.1, -0.05) is 24.3 Å². The van der Waals surface area contributed by atoms with Crippen molar-refractivity contribution < 1.29 is 13.2 Å². The van der Waals surface area contributed by atoms with E-state index in [4.69, 9.17) is 5.73 Å². The molecule has 0 radical (unpaired) electrons. The standard InChI is InChI=1S/C16H15F3N2/c17-16(18,19)15-6-5-14(7-13(15)8-20)21-9-11-3-1-2-4-12(11)10-21/h1-7H,8-10,20H2. The Hall–Kier alpha value is -2.01. The van der Waals surface area contributed by atoms with Gasteiger partial charge in [-0.2, -0.15) is 13.2 Å². The zero-order valence-corrected chi connectivity index (χ0v) is 11.3. The Morgan fingerprint density at radius 3 is 2.14 bits per heavy atom. The number of benzene rings is 2. The van der Waals surface area contributed by atoms with E-state index in [1.165, 1.54) is 17.2 Å². The van der Waals surface area contributed by atoms with Gasteiger partial charge in [-0.05, 0) is 34.9 Å². The first kappa shape index (κ1) is 13.9. The molecule has 3 rings (SSSR count). The van der Waals surface area contributed by atoms with Gasteiger partial charge < -0.3 is 10.6 Å². The van der Waals surface area contributed by atoms with E-state index in [1.54, 1.807) is 6.07 Å². The van der Waals surface area contributed by atoms with Crippen molar-refractivity contribution in [1.29, 1.82) is 0 Å². The van der Waals surface area contributed by atoms with Gasteiger partial charge in [0.15, 0.2) is 0 Å². The van der Waals surface area contributed by atoms with E-state index >= 15 is 0 Å². The molecule has 0 atom stereocenters. The first-order valence-corrected chi connectivity index (χ1v) is 6.71. The highest BCUT2D eigenvalue weighted by molar-refractivity contribution is 5.55. The first-order valence-electron chi connectivity index (χ1n) is 6.71. The average Bonchev–Trinajstić information content (AvgIpc) is 2.89. The van der Waals surface area contributed by atoms with Crippen LogP contribution in [0.5, 0.6) is 0 Å². The molecule has 5 heteroatoms. The fourth-order valence-corrected chi connectivity index (χ4v) is 2.74. The quantitative estimate of drug-likeness (QED) is 0.914. The molecule has 2 aromatic carbocycles. The predicted molar refractivity (Wildman–Crippen MR) is 75.7 cm³/mol. The molecule has 0 amide bonds. The van der Waals surface area contributed by atoms with Gasteiger partial charge in [-0.3, -0.25) is 0 Å². The number of halogens is 3. The zero-order chi connectivity index (χ0) is 15.0. The molecule has 0 aromatic heterocycles. The molecular formula is C16H15F3N2. The van der Waals surface area contributed by atoms with Crippen LogP contribution in [0.1, 0.15) is 22.3 Å². The first-order chi connectivity index (χ1) is 9.99. The van der Waals surface area contributed by atoms with E-state index in [1.807, 2.05) is 24.3 Å². The maximum absolute atomic E-state index is 12.9. The Labute approximate surface area is 121 Å². The Morgan fingerprint density at radius 1 is 1.00 bits per heavy atom. The molecule has 0 bridgehead atoms. The van der Waals surface area contributed by atoms with Crippen molar-refractivity contribution in [2.75, 3.05) is 4.90 Å². The van der Waals surface area contributed by atoms with Gasteiger partial charge in [-0.15, -0.1) is 0 Å². The van der Waals surface area contributed by atoms with E-state index in [-0.39, 0.29) is 12.1 Å². The minimum Gasteiger partial charge on any atom is -0.363 e. The molecule has 0 unspecified atom stereocenters. The minimum absolute atomic E-state index is 0.122. The van der Waals surface area contributed by atoms with Crippen LogP contribution in [0, 0.1) is 0 Å². The van der Waals surface area contributed by atoms with Crippen LogP contribution in [-0.4, -0.2) is 0 Å². The summed E-state index contributed by atoms with van der Waals surface area (Å²) < 4.78 is 38.7. The molecule has 1 aliphatic heterocycles. The molecule has 2 aromatic rings. The van der Waals surface area contributed by atoms with E-state index in [0.717, 1.165) is 11.8 Å². The number of alkyl halides is 3. The third-order valence-corrected chi connectivity index (χ3v) is 3.82. The SMILES string of the molecule is NCc1cc(N2Cc3ccccc3C2)ccc1C(F)(F)F. The van der Waals surface area contributed by atoms with E-state index in [2.05, 4.69) is 4.90 Å². The number of hydrogen-bond donors (Lipinski definition) is 1. The molecule has 0 fully saturated rings. The summed E-state index contributed by atoms with van der Waals surface area (Å²) >= 11 is 0. The van der Waals surface area contributed by atoms with Crippen molar-refractivity contribution in [3.63, 3.8) is 0 Å². The monoisotopic (exact) mass is 292 g/mol. The largest absolute Gasteiger partial charge is 0.416 e. The van der Waals surface area contributed by atoms with Crippen molar-refractivity contribution >= 4 is 5.69 Å². The Morgan fingerprint density at radius 2 is 1.62 bits per heavy atom. The third kappa shape index (κ3) is 2.61. The van der Waals surface area contributed by atoms with Crippen molar-refractivity contribution in [1.82, 2.24) is 0 Å². The molecule has 1 aliphatic rings. The molecule has 0 saturated carbocycles. The fraction of sp³-hybridized carbons (Fsp3) is 0.250. The predicted octanol–water partition coefficient (Wildman–Crippen LogP) is 3.68. The Balaban J connectivity index is 1.92. The maximum atomic E-state index is 12.9. The lowest BCUT2D eigenvalue weighted by Crippen LogP contribution is -2.17. The van der Waals surface area contributed by atoms with Crippen LogP contribution in [0.15, 0.2) is 42.5 Å². The molecular weight excluding hydrogens is 277 g/mol. The van der Waals surface area contributed by atoms with Crippen molar-refractivity contribution in [3.8, 4) is 0 Å². The Kier molecular flexibility index (Phi) is 3.37. The highest BCUT2D eigenvalue weighted by atomic mass is 19.4. The minimum atomic E-state index is -4.36. The summed E-state index contributed by atoms with van der Waals surface area (Å²) in [5.74, 6) is 0. The highest BCUT2D eigenvalue weighted by Gasteiger charge is 2.33. The summed E-state index contributed by atoms with van der Waals surface area (Å²) in [6, 6.07) is 12.2. The molecule has 2 nitrogen and oxygen atoms in total. The molecule has 21 heavy (non-hydrogen) atoms. The second-order valence-electron chi connectivity index (χ2n) is 5.17. The molecule has 2 N–H and O–H groups in total. The molecule has 0 spiro atoms. The maximum Gasteiger partial charge on any atom is 0.416 e. The van der Waals surface area contributed by atoms with Crippen molar-refractivity contribution in [3.05, 3.63) is 64.7 Å². The van der Waals surface area contributed by atoms with Gasteiger partial charge in [0.1, 0.15) is 0 Å². The number of fused-ring (bicyclic) bond motifs is 1. The van der Waals surface area contributed by atoms with Gasteiger partial charge >= 0.3 is 6.18 Å². The molecule has 1 heterocycles. The van der Waals surface area contributed by atoms with Crippen LogP contribution in [0.4, 0.5) is 18.9 Å². The van der Waals surface area contributed by atoms with Crippen LogP contribution >= 0.6 is 0 Å². The average molecular weight is 292 g/mol. The van der Waals surface area contributed by atoms with Crippen molar-refractivity contribution in [2.24, 2.45) is 5.73 Å². The summed E-state index contributed by atoms with van der Waals surface area (Å²) in [5, 5.41) is 0. The van der Waals surface area contributed by atoms with Crippen LogP contribution in [-0.2, 0) is 25.8 Å². The lowest BCUT2D eigenvalue weighted by Gasteiger charge is -2.20. The van der Waals surface area contributed by atoms with Gasteiger partial charge in [0.2, 0.25) is 0 Å². The van der Waals surface area contributed by atoms with Crippen LogP contribution in [0.3, 0.4) is 0 Å². The topological polar surface area (TPSA) is 29.3 Å². The molecule has 0 saturated heterocycles. The summed E-state index contributed by atoms with van der Waals surface area (Å²) in [4.78, 5) is 2.06. The van der Waals surface area contributed by atoms with Crippen LogP contribution in [0.2, 0.25) is 0 Å². The normalized spacial score (nSPS) is 14.4. The summed E-state index contributed by atoms with van der Waals surface area (Å²) in [7, 11) is 0. The van der Waals surface area contributed by atoms with E-state index in [9.17, 15) is 13.2 Å². The summed E-state index contributed by atoms with van der Waals surface area (Å²) in [6.45, 7) is 1.31. The Bertz CT molecular complexity index is 640. The van der Waals surface area contributed by atoms with Gasteiger partial charge in [0.05, 0.1) is 5.56 Å². The lowest BCUT2D eigenvalue weighted by molar-refractivity contribution is -0.138. The number of rotatable bonds is 2. The lowest BCUT2D eigenvalue weighted by atomic mass is 10.1. The number of nitrogens with zero attached hydrogens (tertiary/aromatic N) is 1. The highest BCUT2D eigenvalue weighted by Crippen LogP contribution is 2.35. The van der Waals surface area contributed by atoms with Gasteiger partial charge in [0, 0.05) is 25.3 Å². The van der Waals surface area contributed by atoms with Crippen LogP contribution < -0.4 is 10.6 Å². The second kappa shape index (κ2) is 5.07. The number of nitrogens with two attached hydrogens (primary N) is 1. The zero-order valence-electron chi connectivity index (χ0n) is 11.3. The van der Waals surface area contributed by atoms with E-state index in [0.29, 0.717) is 13.1 Å². The van der Waals surface area contributed by atoms with Gasteiger partial charge in [-0.25, -0.2) is 0 Å². The molecule has 0 aliphatic carbocycles. The van der Waals surface area contributed by atoms with Crippen LogP contribution in [0.25, 0.3) is 0 Å². The van der Waals surface area contributed by atoms with Gasteiger partial charge in [0.25, 0.3) is 0 Å². The second-order valence-corrected chi connectivity index (χ2v) is 5.17. The van der Waals surface area contributed by atoms with Crippen molar-refractivity contribution in [2.45, 2.75) is 25.8 Å². The van der Waals surface area contributed by atoms with E-state index < -0.39 is 11.7 Å². The summed E-state index contributed by atoms with van der Waals surface area (Å²) in [5.41, 5.74) is 8.17. The smallest absolute Gasteiger partial charge is 0.363 e. The number of hydrogen-bond acceptors (Lipinski definition) is 2. The fourth-order valence-electron chi connectivity index (χ4n) is 2.74. The third-order valence-electron chi connectivity index (χ3n) is 3.82.